The number of carbonyl (C=O) groups excluding carboxylic acids is 3. The van der Waals surface area contributed by atoms with Gasteiger partial charge in [-0.2, -0.15) is 0 Å². The Morgan fingerprint density at radius 2 is 2.03 bits per heavy atom. The molecule has 0 aromatic carbocycles. The number of sulfone groups is 1. The summed E-state index contributed by atoms with van der Waals surface area (Å²) in [7, 11) is -1.32. The van der Waals surface area contributed by atoms with Crippen molar-refractivity contribution in [2.24, 2.45) is 0 Å². The summed E-state index contributed by atoms with van der Waals surface area (Å²) >= 11 is 7.03. The van der Waals surface area contributed by atoms with Crippen LogP contribution in [0.4, 0.5) is 5.82 Å². The molecule has 0 saturated heterocycles. The largest absolute Gasteiger partial charge is 0.346 e. The van der Waals surface area contributed by atoms with Crippen molar-refractivity contribution >= 4 is 56.3 Å². The number of anilines is 1. The van der Waals surface area contributed by atoms with Crippen LogP contribution in [0.3, 0.4) is 0 Å². The van der Waals surface area contributed by atoms with Crippen LogP contribution in [0.2, 0.25) is 5.02 Å². The normalized spacial score (nSPS) is 14.7. The molecule has 11 nitrogen and oxygen atoms in total. The van der Waals surface area contributed by atoms with Crippen LogP contribution >= 0.6 is 22.9 Å². The van der Waals surface area contributed by atoms with E-state index in [4.69, 9.17) is 11.6 Å². The molecule has 0 aliphatic carbocycles. The number of thiazole rings is 1. The molecule has 0 unspecified atom stereocenters. The van der Waals surface area contributed by atoms with E-state index in [1.165, 1.54) is 29.7 Å². The van der Waals surface area contributed by atoms with E-state index < -0.39 is 33.6 Å². The quantitative estimate of drug-likeness (QED) is 0.418. The fraction of sp³-hybridized carbons (Fsp3) is 0.450. The summed E-state index contributed by atoms with van der Waals surface area (Å²) in [5.41, 5.74) is 0.890. The minimum atomic E-state index is -3.31. The molecule has 3 N–H and O–H groups in total. The maximum Gasteiger partial charge on any atom is 0.314 e. The highest BCUT2D eigenvalue weighted by Gasteiger charge is 2.24. The summed E-state index contributed by atoms with van der Waals surface area (Å²) in [6.07, 6.45) is 3.21. The SMILES string of the molecule is CN1CCc2nc(C(=O)N[C@H](CCS(C)(=O)=O)CNC(=O)C(=O)Nc3ccc(Cl)cn3)sc2C1. The summed E-state index contributed by atoms with van der Waals surface area (Å²) in [5.74, 6) is -2.43. The number of hydrogen-bond donors (Lipinski definition) is 3. The average Bonchev–Trinajstić information content (AvgIpc) is 3.19. The van der Waals surface area contributed by atoms with Crippen molar-refractivity contribution in [2.75, 3.05) is 37.5 Å². The Labute approximate surface area is 206 Å². The van der Waals surface area contributed by atoms with E-state index >= 15 is 0 Å². The predicted molar refractivity (Wildman–Crippen MR) is 129 cm³/mol. The fourth-order valence-corrected chi connectivity index (χ4v) is 5.08. The monoisotopic (exact) mass is 528 g/mol. The topological polar surface area (TPSA) is 150 Å². The van der Waals surface area contributed by atoms with Gasteiger partial charge in [-0.15, -0.1) is 11.3 Å². The van der Waals surface area contributed by atoms with Crippen LogP contribution in [0, 0.1) is 0 Å². The first-order valence-electron chi connectivity index (χ1n) is 10.4. The first-order valence-corrected chi connectivity index (χ1v) is 13.6. The number of halogens is 1. The van der Waals surface area contributed by atoms with Crippen molar-refractivity contribution in [1.82, 2.24) is 25.5 Å². The maximum absolute atomic E-state index is 12.8. The van der Waals surface area contributed by atoms with Gasteiger partial charge < -0.3 is 20.9 Å². The molecule has 3 amide bonds. The van der Waals surface area contributed by atoms with Gasteiger partial charge >= 0.3 is 11.8 Å². The molecule has 1 aliphatic heterocycles. The smallest absolute Gasteiger partial charge is 0.314 e. The van der Waals surface area contributed by atoms with Crippen molar-refractivity contribution in [3.63, 3.8) is 0 Å². The van der Waals surface area contributed by atoms with Crippen molar-refractivity contribution in [3.8, 4) is 0 Å². The second kappa shape index (κ2) is 11.2. The van der Waals surface area contributed by atoms with Crippen LogP contribution in [0.1, 0.15) is 26.8 Å². The third kappa shape index (κ3) is 7.72. The lowest BCUT2D eigenvalue weighted by atomic mass is 10.2. The van der Waals surface area contributed by atoms with E-state index in [-0.39, 0.29) is 29.5 Å². The second-order valence-corrected chi connectivity index (χ2v) is 11.8. The van der Waals surface area contributed by atoms with Gasteiger partial charge in [-0.3, -0.25) is 14.4 Å². The number of nitrogens with zero attached hydrogens (tertiary/aromatic N) is 3. The zero-order valence-electron chi connectivity index (χ0n) is 18.6. The van der Waals surface area contributed by atoms with Crippen molar-refractivity contribution in [3.05, 3.63) is 38.9 Å². The van der Waals surface area contributed by atoms with Crippen LogP contribution in [0.15, 0.2) is 18.3 Å². The van der Waals surface area contributed by atoms with Gasteiger partial charge in [0.1, 0.15) is 15.7 Å². The highest BCUT2D eigenvalue weighted by molar-refractivity contribution is 7.90. The van der Waals surface area contributed by atoms with Gasteiger partial charge in [-0.1, -0.05) is 11.6 Å². The molecule has 2 aromatic heterocycles. The van der Waals surface area contributed by atoms with E-state index in [1.54, 1.807) is 0 Å². The first kappa shape index (κ1) is 26.0. The molecule has 1 aliphatic rings. The molecule has 34 heavy (non-hydrogen) atoms. The van der Waals surface area contributed by atoms with Crippen molar-refractivity contribution < 1.29 is 22.8 Å². The van der Waals surface area contributed by atoms with Crippen molar-refractivity contribution in [2.45, 2.75) is 25.4 Å². The Bertz CT molecular complexity index is 1170. The van der Waals surface area contributed by atoms with Gasteiger partial charge in [-0.05, 0) is 25.6 Å². The van der Waals surface area contributed by atoms with Gasteiger partial charge in [0.05, 0.1) is 16.5 Å². The summed E-state index contributed by atoms with van der Waals surface area (Å²) in [5, 5.41) is 8.14. The molecule has 0 saturated carbocycles. The number of pyridine rings is 1. The Morgan fingerprint density at radius 3 is 2.71 bits per heavy atom. The number of nitrogens with one attached hydrogen (secondary N) is 3. The average molecular weight is 529 g/mol. The van der Waals surface area contributed by atoms with Crippen molar-refractivity contribution in [1.29, 1.82) is 0 Å². The number of carbonyl (C=O) groups is 3. The third-order valence-electron chi connectivity index (χ3n) is 4.97. The Morgan fingerprint density at radius 1 is 1.26 bits per heavy atom. The van der Waals surface area contributed by atoms with Gasteiger partial charge in [-0.25, -0.2) is 18.4 Å². The summed E-state index contributed by atoms with van der Waals surface area (Å²) in [6, 6.07) is 2.22. The molecule has 1 atom stereocenters. The van der Waals surface area contributed by atoms with Crippen LogP contribution in [-0.2, 0) is 32.4 Å². The minimum Gasteiger partial charge on any atom is -0.346 e. The van der Waals surface area contributed by atoms with Gasteiger partial charge in [0.15, 0.2) is 5.01 Å². The molecule has 0 fully saturated rings. The number of amides is 3. The van der Waals surface area contributed by atoms with Gasteiger partial charge in [0, 0.05) is 49.4 Å². The standard InChI is InChI=1S/C20H25ClN6O5S2/c1-27-7-5-14-15(11-27)33-20(25-14)19(30)24-13(6-8-34(2,31)32)10-23-17(28)18(29)26-16-4-3-12(21)9-22-16/h3-4,9,13H,5-8,10-11H2,1-2H3,(H,23,28)(H,24,30)(H,22,26,29)/t13-/m1/s1. The van der Waals surface area contributed by atoms with E-state index in [2.05, 4.69) is 30.8 Å². The zero-order chi connectivity index (χ0) is 24.9. The van der Waals surface area contributed by atoms with E-state index in [0.29, 0.717) is 11.6 Å². The Balaban J connectivity index is 1.61. The lowest BCUT2D eigenvalue weighted by Crippen LogP contribution is -2.47. The Kier molecular flexibility index (Phi) is 8.57. The highest BCUT2D eigenvalue weighted by atomic mass is 35.5. The summed E-state index contributed by atoms with van der Waals surface area (Å²) in [4.78, 5) is 48.6. The molecule has 14 heteroatoms. The molecular formula is C20H25ClN6O5S2. The summed E-state index contributed by atoms with van der Waals surface area (Å²) < 4.78 is 23.3. The maximum atomic E-state index is 12.8. The first-order chi connectivity index (χ1) is 16.0. The lowest BCUT2D eigenvalue weighted by Gasteiger charge is -2.20. The predicted octanol–water partition coefficient (Wildman–Crippen LogP) is 0.467. The molecule has 3 rings (SSSR count). The molecule has 2 aromatic rings. The number of likely N-dealkylation sites (N-methyl/N-ethyl adjacent to an activating group) is 1. The van der Waals surface area contributed by atoms with Crippen LogP contribution < -0.4 is 16.0 Å². The van der Waals surface area contributed by atoms with Crippen LogP contribution in [0.25, 0.3) is 0 Å². The number of rotatable bonds is 8. The molecule has 0 spiro atoms. The Hall–Kier alpha value is -2.61. The summed E-state index contributed by atoms with van der Waals surface area (Å²) in [6.45, 7) is 1.43. The number of aromatic nitrogens is 2. The van der Waals surface area contributed by atoms with E-state index in [0.717, 1.165) is 29.8 Å². The van der Waals surface area contributed by atoms with Gasteiger partial charge in [0.2, 0.25) is 0 Å². The molecule has 0 radical (unpaired) electrons. The van der Waals surface area contributed by atoms with E-state index in [1.807, 2.05) is 7.05 Å². The molecule has 0 bridgehead atoms. The molecule has 184 valence electrons. The van der Waals surface area contributed by atoms with Crippen LogP contribution in [-0.4, -0.2) is 79.2 Å². The zero-order valence-corrected chi connectivity index (χ0v) is 21.0. The molecule has 3 heterocycles. The highest BCUT2D eigenvalue weighted by Crippen LogP contribution is 2.24. The molecular weight excluding hydrogens is 504 g/mol. The number of fused-ring (bicyclic) bond motifs is 1. The van der Waals surface area contributed by atoms with E-state index in [9.17, 15) is 22.8 Å². The van der Waals surface area contributed by atoms with Gasteiger partial charge in [0.25, 0.3) is 5.91 Å². The minimum absolute atomic E-state index is 0.0546. The number of hydrogen-bond acceptors (Lipinski definition) is 9. The lowest BCUT2D eigenvalue weighted by molar-refractivity contribution is -0.136. The fourth-order valence-electron chi connectivity index (χ4n) is 3.17. The third-order valence-corrected chi connectivity index (χ3v) is 7.25. The van der Waals surface area contributed by atoms with Crippen LogP contribution in [0.5, 0.6) is 0 Å². The second-order valence-electron chi connectivity index (χ2n) is 7.99.